The fourth-order valence-electron chi connectivity index (χ4n) is 2.08. The van der Waals surface area contributed by atoms with Crippen molar-refractivity contribution in [2.24, 2.45) is 5.92 Å². The van der Waals surface area contributed by atoms with Crippen LogP contribution in [0, 0.1) is 5.92 Å². The minimum absolute atomic E-state index is 0.0761. The zero-order valence-electron chi connectivity index (χ0n) is 12.6. The van der Waals surface area contributed by atoms with Gasteiger partial charge in [0.05, 0.1) is 5.92 Å². The highest BCUT2D eigenvalue weighted by Gasteiger charge is 2.27. The van der Waals surface area contributed by atoms with Crippen LogP contribution in [0.5, 0.6) is 0 Å². The van der Waals surface area contributed by atoms with E-state index in [0.29, 0.717) is 19.5 Å². The zero-order valence-corrected chi connectivity index (χ0v) is 12.6. The van der Waals surface area contributed by atoms with Crippen LogP contribution in [0.15, 0.2) is 0 Å². The SMILES string of the molecule is CC(=O)N1CCC[C@@H](C(=O)NNC(=O)C(=O)NC(C)C)C1. The van der Waals surface area contributed by atoms with Crippen molar-refractivity contribution in [1.82, 2.24) is 21.1 Å². The Hall–Kier alpha value is -2.12. The molecule has 0 unspecified atom stereocenters. The Kier molecular flexibility index (Phi) is 6.13. The van der Waals surface area contributed by atoms with Crippen molar-refractivity contribution in [3.63, 3.8) is 0 Å². The van der Waals surface area contributed by atoms with Crippen LogP contribution in [0.1, 0.15) is 33.6 Å². The summed E-state index contributed by atoms with van der Waals surface area (Å²) < 4.78 is 0. The lowest BCUT2D eigenvalue weighted by molar-refractivity contribution is -0.142. The van der Waals surface area contributed by atoms with Crippen molar-refractivity contribution in [3.8, 4) is 0 Å². The van der Waals surface area contributed by atoms with Crippen LogP contribution in [0.25, 0.3) is 0 Å². The van der Waals surface area contributed by atoms with Gasteiger partial charge in [-0.15, -0.1) is 0 Å². The number of carbonyl (C=O) groups excluding carboxylic acids is 4. The predicted molar refractivity (Wildman–Crippen MR) is 74.5 cm³/mol. The molecule has 118 valence electrons. The quantitative estimate of drug-likeness (QED) is 0.445. The van der Waals surface area contributed by atoms with Gasteiger partial charge in [-0.05, 0) is 26.7 Å². The van der Waals surface area contributed by atoms with Gasteiger partial charge in [-0.2, -0.15) is 0 Å². The van der Waals surface area contributed by atoms with Crippen molar-refractivity contribution in [1.29, 1.82) is 0 Å². The maximum absolute atomic E-state index is 11.9. The van der Waals surface area contributed by atoms with Crippen LogP contribution in [0.3, 0.4) is 0 Å². The first-order chi connectivity index (χ1) is 9.81. The molecule has 0 spiro atoms. The van der Waals surface area contributed by atoms with Gasteiger partial charge in [-0.1, -0.05) is 0 Å². The fraction of sp³-hybridized carbons (Fsp3) is 0.692. The topological polar surface area (TPSA) is 108 Å². The monoisotopic (exact) mass is 298 g/mol. The third-order valence-corrected chi connectivity index (χ3v) is 3.16. The molecule has 0 saturated carbocycles. The maximum atomic E-state index is 11.9. The lowest BCUT2D eigenvalue weighted by Gasteiger charge is -2.31. The summed E-state index contributed by atoms with van der Waals surface area (Å²) in [6, 6.07) is -0.165. The number of carbonyl (C=O) groups is 4. The first-order valence-electron chi connectivity index (χ1n) is 6.97. The Morgan fingerprint density at radius 3 is 2.33 bits per heavy atom. The van der Waals surface area contributed by atoms with Crippen molar-refractivity contribution in [3.05, 3.63) is 0 Å². The Morgan fingerprint density at radius 1 is 1.10 bits per heavy atom. The number of amides is 4. The number of hydrogen-bond donors (Lipinski definition) is 3. The third-order valence-electron chi connectivity index (χ3n) is 3.16. The summed E-state index contributed by atoms with van der Waals surface area (Å²) in [7, 11) is 0. The summed E-state index contributed by atoms with van der Waals surface area (Å²) >= 11 is 0. The second-order valence-electron chi connectivity index (χ2n) is 5.38. The van der Waals surface area contributed by atoms with E-state index in [2.05, 4.69) is 16.2 Å². The number of hydrazine groups is 1. The van der Waals surface area contributed by atoms with Gasteiger partial charge in [0.1, 0.15) is 0 Å². The molecule has 1 aliphatic heterocycles. The average molecular weight is 298 g/mol. The molecule has 1 rings (SSSR count). The zero-order chi connectivity index (χ0) is 16.0. The third kappa shape index (κ3) is 5.41. The summed E-state index contributed by atoms with van der Waals surface area (Å²) in [5.41, 5.74) is 4.30. The second kappa shape index (κ2) is 7.61. The van der Waals surface area contributed by atoms with Crippen LogP contribution in [-0.2, 0) is 19.2 Å². The molecule has 0 aliphatic carbocycles. The minimum Gasteiger partial charge on any atom is -0.346 e. The summed E-state index contributed by atoms with van der Waals surface area (Å²) in [6.45, 7) is 5.88. The first-order valence-corrected chi connectivity index (χ1v) is 6.97. The van der Waals surface area contributed by atoms with Crippen LogP contribution >= 0.6 is 0 Å². The first kappa shape index (κ1) is 16.9. The molecule has 4 amide bonds. The normalized spacial score (nSPS) is 18.1. The molecule has 0 aromatic rings. The summed E-state index contributed by atoms with van der Waals surface area (Å²) in [4.78, 5) is 47.6. The van der Waals surface area contributed by atoms with E-state index in [0.717, 1.165) is 6.42 Å². The van der Waals surface area contributed by atoms with Crippen molar-refractivity contribution < 1.29 is 19.2 Å². The number of hydrogen-bond acceptors (Lipinski definition) is 4. The van der Waals surface area contributed by atoms with Crippen LogP contribution < -0.4 is 16.2 Å². The molecule has 1 aliphatic rings. The van der Waals surface area contributed by atoms with Gasteiger partial charge in [0.2, 0.25) is 11.8 Å². The standard InChI is InChI=1S/C13H22N4O4/c1-8(2)14-12(20)13(21)16-15-11(19)10-5-4-6-17(7-10)9(3)18/h8,10H,4-7H2,1-3H3,(H,14,20)(H,15,19)(H,16,21)/t10-/m1/s1. The van der Waals surface area contributed by atoms with Crippen LogP contribution in [0.2, 0.25) is 0 Å². The number of nitrogens with zero attached hydrogens (tertiary/aromatic N) is 1. The van der Waals surface area contributed by atoms with E-state index in [1.165, 1.54) is 6.92 Å². The van der Waals surface area contributed by atoms with Gasteiger partial charge in [0.15, 0.2) is 0 Å². The van der Waals surface area contributed by atoms with E-state index >= 15 is 0 Å². The van der Waals surface area contributed by atoms with E-state index < -0.39 is 17.7 Å². The summed E-state index contributed by atoms with van der Waals surface area (Å²) in [6.07, 6.45) is 1.38. The molecule has 3 N–H and O–H groups in total. The number of piperidine rings is 1. The molecule has 0 aromatic carbocycles. The lowest BCUT2D eigenvalue weighted by Crippen LogP contribution is -2.53. The summed E-state index contributed by atoms with van der Waals surface area (Å²) in [5.74, 6) is -2.58. The number of likely N-dealkylation sites (tertiary alicyclic amines) is 1. The van der Waals surface area contributed by atoms with Gasteiger partial charge >= 0.3 is 11.8 Å². The van der Waals surface area contributed by atoms with Crippen LogP contribution in [-0.4, -0.2) is 47.7 Å². The van der Waals surface area contributed by atoms with E-state index in [9.17, 15) is 19.2 Å². The van der Waals surface area contributed by atoms with Gasteiger partial charge < -0.3 is 10.2 Å². The van der Waals surface area contributed by atoms with Gasteiger partial charge in [0.25, 0.3) is 0 Å². The summed E-state index contributed by atoms with van der Waals surface area (Å²) in [5, 5.41) is 2.41. The molecule has 1 heterocycles. The van der Waals surface area contributed by atoms with Gasteiger partial charge in [0, 0.05) is 26.1 Å². The number of nitrogens with one attached hydrogen (secondary N) is 3. The smallest absolute Gasteiger partial charge is 0.327 e. The molecule has 8 nitrogen and oxygen atoms in total. The molecule has 0 radical (unpaired) electrons. The van der Waals surface area contributed by atoms with E-state index in [1.807, 2.05) is 0 Å². The molecule has 1 saturated heterocycles. The molecule has 1 atom stereocenters. The van der Waals surface area contributed by atoms with E-state index in [4.69, 9.17) is 0 Å². The Balaban J connectivity index is 2.41. The second-order valence-corrected chi connectivity index (χ2v) is 5.38. The fourth-order valence-corrected chi connectivity index (χ4v) is 2.08. The Bertz CT molecular complexity index is 436. The van der Waals surface area contributed by atoms with Crippen molar-refractivity contribution >= 4 is 23.6 Å². The predicted octanol–water partition coefficient (Wildman–Crippen LogP) is -1.08. The van der Waals surface area contributed by atoms with Crippen LogP contribution in [0.4, 0.5) is 0 Å². The van der Waals surface area contributed by atoms with Crippen molar-refractivity contribution in [2.75, 3.05) is 13.1 Å². The highest BCUT2D eigenvalue weighted by molar-refractivity contribution is 6.35. The number of rotatable bonds is 2. The molecule has 0 bridgehead atoms. The van der Waals surface area contributed by atoms with E-state index in [1.54, 1.807) is 18.7 Å². The molecular formula is C13H22N4O4. The Morgan fingerprint density at radius 2 is 1.76 bits per heavy atom. The average Bonchev–Trinajstić information content (AvgIpc) is 2.43. The van der Waals surface area contributed by atoms with Gasteiger partial charge in [-0.25, -0.2) is 0 Å². The molecule has 0 aromatic heterocycles. The highest BCUT2D eigenvalue weighted by atomic mass is 16.2. The largest absolute Gasteiger partial charge is 0.346 e. The van der Waals surface area contributed by atoms with Crippen molar-refractivity contribution in [2.45, 2.75) is 39.7 Å². The molecular weight excluding hydrogens is 276 g/mol. The molecule has 8 heteroatoms. The molecule has 21 heavy (non-hydrogen) atoms. The highest BCUT2D eigenvalue weighted by Crippen LogP contribution is 2.16. The minimum atomic E-state index is -0.920. The molecule has 1 fully saturated rings. The Labute approximate surface area is 123 Å². The maximum Gasteiger partial charge on any atom is 0.327 e. The van der Waals surface area contributed by atoms with Gasteiger partial charge in [-0.3, -0.25) is 30.0 Å². The lowest BCUT2D eigenvalue weighted by atomic mass is 9.97. The van der Waals surface area contributed by atoms with E-state index in [-0.39, 0.29) is 17.9 Å².